The van der Waals surface area contributed by atoms with Crippen molar-refractivity contribution in [1.82, 2.24) is 10.6 Å². The lowest BCUT2D eigenvalue weighted by atomic mass is 9.95. The molecule has 2 rings (SSSR count). The van der Waals surface area contributed by atoms with Gasteiger partial charge >= 0.3 is 12.0 Å². The molecule has 3 N–H and O–H groups in total. The van der Waals surface area contributed by atoms with E-state index in [4.69, 9.17) is 4.74 Å². The Kier molecular flexibility index (Phi) is 4.29. The van der Waals surface area contributed by atoms with Crippen LogP contribution in [0.4, 0.5) is 4.79 Å². The van der Waals surface area contributed by atoms with Crippen LogP contribution < -0.4 is 10.6 Å². The second-order valence-corrected chi connectivity index (χ2v) is 6.04. The van der Waals surface area contributed by atoms with Gasteiger partial charge in [-0.15, -0.1) is 11.3 Å². The third kappa shape index (κ3) is 3.10. The molecule has 1 aromatic rings. The molecule has 3 unspecified atom stereocenters. The van der Waals surface area contributed by atoms with Crippen molar-refractivity contribution in [2.45, 2.75) is 38.0 Å². The molecule has 1 aliphatic heterocycles. The van der Waals surface area contributed by atoms with Crippen LogP contribution in [0, 0.1) is 0 Å². The van der Waals surface area contributed by atoms with Crippen molar-refractivity contribution < 1.29 is 19.4 Å². The quantitative estimate of drug-likeness (QED) is 0.790. The van der Waals surface area contributed by atoms with Crippen molar-refractivity contribution in [1.29, 1.82) is 0 Å². The van der Waals surface area contributed by atoms with Gasteiger partial charge in [0.15, 0.2) is 6.04 Å². The zero-order valence-corrected chi connectivity index (χ0v) is 12.2. The first-order chi connectivity index (χ1) is 9.42. The summed E-state index contributed by atoms with van der Waals surface area (Å²) in [7, 11) is 0. The van der Waals surface area contributed by atoms with E-state index in [1.54, 1.807) is 17.5 Å². The van der Waals surface area contributed by atoms with E-state index in [1.165, 1.54) is 11.3 Å². The summed E-state index contributed by atoms with van der Waals surface area (Å²) in [6.45, 7) is 4.37. The van der Waals surface area contributed by atoms with Crippen LogP contribution >= 0.6 is 11.3 Å². The number of carboxylic acid groups (broad SMARTS) is 1. The van der Waals surface area contributed by atoms with Crippen LogP contribution in [0.15, 0.2) is 17.5 Å². The van der Waals surface area contributed by atoms with Crippen LogP contribution in [0.5, 0.6) is 0 Å². The summed E-state index contributed by atoms with van der Waals surface area (Å²) < 4.78 is 5.44. The summed E-state index contributed by atoms with van der Waals surface area (Å²) in [4.78, 5) is 23.9. The van der Waals surface area contributed by atoms with Crippen molar-refractivity contribution in [2.75, 3.05) is 6.61 Å². The fourth-order valence-electron chi connectivity index (χ4n) is 2.14. The van der Waals surface area contributed by atoms with E-state index in [1.807, 2.05) is 13.8 Å². The highest BCUT2D eigenvalue weighted by atomic mass is 32.1. The summed E-state index contributed by atoms with van der Waals surface area (Å²) in [5.74, 6) is -1.08. The standard InChI is InChI=1S/C13H18N2O4S/c1-8-13(2,5-6-19-8)15-12(18)14-10(11(16)17)9-4-3-7-20-9/h3-4,7-8,10H,5-6H2,1-2H3,(H,16,17)(H2,14,15,18). The Morgan fingerprint density at radius 3 is 2.85 bits per heavy atom. The monoisotopic (exact) mass is 298 g/mol. The molecule has 0 saturated carbocycles. The van der Waals surface area contributed by atoms with Crippen molar-refractivity contribution >= 4 is 23.3 Å². The van der Waals surface area contributed by atoms with E-state index in [-0.39, 0.29) is 6.10 Å². The van der Waals surface area contributed by atoms with Gasteiger partial charge < -0.3 is 20.5 Å². The Balaban J connectivity index is 2.01. The summed E-state index contributed by atoms with van der Waals surface area (Å²) in [6.07, 6.45) is 0.608. The molecule has 1 saturated heterocycles. The van der Waals surface area contributed by atoms with Crippen molar-refractivity contribution in [3.63, 3.8) is 0 Å². The van der Waals surface area contributed by atoms with Crippen molar-refractivity contribution in [3.8, 4) is 0 Å². The van der Waals surface area contributed by atoms with Crippen LogP contribution in [0.1, 0.15) is 31.2 Å². The maximum atomic E-state index is 12.0. The van der Waals surface area contributed by atoms with Gasteiger partial charge in [0.25, 0.3) is 0 Å². The molecule has 2 heterocycles. The average molecular weight is 298 g/mol. The SMILES string of the molecule is CC1OCCC1(C)NC(=O)NC(C(=O)O)c1cccs1. The molecule has 3 atom stereocenters. The third-order valence-corrected chi connectivity index (χ3v) is 4.57. The number of rotatable bonds is 4. The minimum Gasteiger partial charge on any atom is -0.479 e. The smallest absolute Gasteiger partial charge is 0.331 e. The number of aliphatic carboxylic acids is 1. The number of carboxylic acids is 1. The lowest BCUT2D eigenvalue weighted by molar-refractivity contribution is -0.139. The molecule has 110 valence electrons. The molecule has 0 bridgehead atoms. The van der Waals surface area contributed by atoms with Crippen LogP contribution in [0.25, 0.3) is 0 Å². The zero-order chi connectivity index (χ0) is 14.8. The Hall–Kier alpha value is -1.60. The van der Waals surface area contributed by atoms with Gasteiger partial charge in [0.1, 0.15) is 0 Å². The zero-order valence-electron chi connectivity index (χ0n) is 11.4. The second kappa shape index (κ2) is 5.80. The summed E-state index contributed by atoms with van der Waals surface area (Å²) >= 11 is 1.30. The van der Waals surface area contributed by atoms with E-state index in [2.05, 4.69) is 10.6 Å². The topological polar surface area (TPSA) is 87.7 Å². The molecule has 20 heavy (non-hydrogen) atoms. The lowest BCUT2D eigenvalue weighted by Gasteiger charge is -2.29. The van der Waals surface area contributed by atoms with Gasteiger partial charge in [0.2, 0.25) is 0 Å². The highest BCUT2D eigenvalue weighted by molar-refractivity contribution is 7.10. The van der Waals surface area contributed by atoms with Crippen LogP contribution in [0.3, 0.4) is 0 Å². The molecule has 0 spiro atoms. The largest absolute Gasteiger partial charge is 0.479 e. The molecule has 2 amide bonds. The molecule has 1 aromatic heterocycles. The Bertz CT molecular complexity index is 491. The number of thiophene rings is 1. The summed E-state index contributed by atoms with van der Waals surface area (Å²) in [5, 5.41) is 16.3. The van der Waals surface area contributed by atoms with Crippen molar-refractivity contribution in [2.24, 2.45) is 0 Å². The Morgan fingerprint density at radius 2 is 2.35 bits per heavy atom. The van der Waals surface area contributed by atoms with Gasteiger partial charge in [0, 0.05) is 11.5 Å². The fourth-order valence-corrected chi connectivity index (χ4v) is 2.90. The van der Waals surface area contributed by atoms with E-state index >= 15 is 0 Å². The van der Waals surface area contributed by atoms with Gasteiger partial charge in [-0.2, -0.15) is 0 Å². The molecule has 0 aliphatic carbocycles. The molecule has 6 nitrogen and oxygen atoms in total. The van der Waals surface area contributed by atoms with E-state index in [0.717, 1.165) is 0 Å². The lowest BCUT2D eigenvalue weighted by Crippen LogP contribution is -2.54. The van der Waals surface area contributed by atoms with E-state index in [9.17, 15) is 14.7 Å². The van der Waals surface area contributed by atoms with Crippen molar-refractivity contribution in [3.05, 3.63) is 22.4 Å². The molecule has 1 aliphatic rings. The summed E-state index contributed by atoms with van der Waals surface area (Å²) in [6, 6.07) is 1.91. The van der Waals surface area contributed by atoms with Gasteiger partial charge in [-0.1, -0.05) is 6.07 Å². The van der Waals surface area contributed by atoms with E-state index < -0.39 is 23.6 Å². The number of ether oxygens (including phenoxy) is 1. The number of hydrogen-bond donors (Lipinski definition) is 3. The average Bonchev–Trinajstić information content (AvgIpc) is 2.98. The molecule has 0 radical (unpaired) electrons. The predicted octanol–water partition coefficient (Wildman–Crippen LogP) is 1.74. The molecular weight excluding hydrogens is 280 g/mol. The third-order valence-electron chi connectivity index (χ3n) is 3.64. The normalized spacial score (nSPS) is 27.0. The van der Waals surface area contributed by atoms with Crippen LogP contribution in [-0.4, -0.2) is 35.4 Å². The number of hydrogen-bond acceptors (Lipinski definition) is 4. The van der Waals surface area contributed by atoms with E-state index in [0.29, 0.717) is 17.9 Å². The number of nitrogens with one attached hydrogen (secondary N) is 2. The minimum atomic E-state index is -1.08. The minimum absolute atomic E-state index is 0.0988. The first kappa shape index (κ1) is 14.8. The molecule has 0 aromatic carbocycles. The number of amides is 2. The van der Waals surface area contributed by atoms with Gasteiger partial charge in [0.05, 0.1) is 11.6 Å². The number of urea groups is 1. The maximum absolute atomic E-state index is 12.0. The predicted molar refractivity (Wildman–Crippen MR) is 74.8 cm³/mol. The number of carbonyl (C=O) groups excluding carboxylic acids is 1. The van der Waals surface area contributed by atoms with Crippen LogP contribution in [-0.2, 0) is 9.53 Å². The van der Waals surface area contributed by atoms with Gasteiger partial charge in [-0.05, 0) is 31.7 Å². The first-order valence-electron chi connectivity index (χ1n) is 6.39. The highest BCUT2D eigenvalue weighted by Crippen LogP contribution is 2.25. The second-order valence-electron chi connectivity index (χ2n) is 5.07. The summed E-state index contributed by atoms with van der Waals surface area (Å²) in [5.41, 5.74) is -0.470. The molecular formula is C13H18N2O4S. The van der Waals surface area contributed by atoms with Gasteiger partial charge in [-0.25, -0.2) is 9.59 Å². The highest BCUT2D eigenvalue weighted by Gasteiger charge is 2.39. The van der Waals surface area contributed by atoms with Gasteiger partial charge in [-0.3, -0.25) is 0 Å². The number of carbonyl (C=O) groups is 2. The Labute approximate surface area is 121 Å². The maximum Gasteiger partial charge on any atom is 0.331 e. The Morgan fingerprint density at radius 1 is 1.60 bits per heavy atom. The van der Waals surface area contributed by atoms with Crippen LogP contribution in [0.2, 0.25) is 0 Å². The molecule has 1 fully saturated rings. The fraction of sp³-hybridized carbons (Fsp3) is 0.538. The molecule has 7 heteroatoms. The first-order valence-corrected chi connectivity index (χ1v) is 7.27.